The van der Waals surface area contributed by atoms with Crippen LogP contribution in [-0.2, 0) is 5.41 Å². The Balaban J connectivity index is 1.60. The SMILES string of the molecule is Cc1ccc([C@@H]2[C@H](c3ccccc3)N[C@@H](c3ccccc3)C23c2ccccc2-c2ccccc23)cc1. The van der Waals surface area contributed by atoms with Gasteiger partial charge in [-0.05, 0) is 45.9 Å². The summed E-state index contributed by atoms with van der Waals surface area (Å²) >= 11 is 0. The van der Waals surface area contributed by atoms with Gasteiger partial charge >= 0.3 is 0 Å². The van der Waals surface area contributed by atoms with Gasteiger partial charge < -0.3 is 5.32 Å². The molecule has 1 aliphatic carbocycles. The van der Waals surface area contributed by atoms with E-state index in [4.69, 9.17) is 0 Å². The molecule has 1 heteroatoms. The van der Waals surface area contributed by atoms with Gasteiger partial charge in [0, 0.05) is 23.4 Å². The smallest absolute Gasteiger partial charge is 0.0496 e. The summed E-state index contributed by atoms with van der Waals surface area (Å²) in [7, 11) is 0. The molecule has 0 unspecified atom stereocenters. The van der Waals surface area contributed by atoms with Crippen LogP contribution in [0.2, 0.25) is 0 Å². The number of aryl methyl sites for hydroxylation is 1. The molecule has 1 spiro atoms. The largest absolute Gasteiger partial charge is 0.301 e. The lowest BCUT2D eigenvalue weighted by atomic mass is 9.61. The van der Waals surface area contributed by atoms with Crippen LogP contribution < -0.4 is 5.32 Å². The molecule has 1 saturated heterocycles. The van der Waals surface area contributed by atoms with Crippen LogP contribution in [0, 0.1) is 6.92 Å². The molecule has 1 fully saturated rings. The third-order valence-corrected chi connectivity index (χ3v) is 8.39. The van der Waals surface area contributed by atoms with Crippen molar-refractivity contribution in [2.45, 2.75) is 30.3 Å². The molecule has 3 atom stereocenters. The lowest BCUT2D eigenvalue weighted by molar-refractivity contribution is 0.420. The minimum Gasteiger partial charge on any atom is -0.301 e. The van der Waals surface area contributed by atoms with Gasteiger partial charge in [0.1, 0.15) is 0 Å². The number of benzene rings is 5. The highest BCUT2D eigenvalue weighted by atomic mass is 15.1. The number of fused-ring (bicyclic) bond motifs is 5. The Morgan fingerprint density at radius 3 is 1.58 bits per heavy atom. The first kappa shape index (κ1) is 21.4. The Labute approximate surface area is 213 Å². The van der Waals surface area contributed by atoms with E-state index in [2.05, 4.69) is 146 Å². The third kappa shape index (κ3) is 3.00. The van der Waals surface area contributed by atoms with Crippen molar-refractivity contribution in [2.75, 3.05) is 0 Å². The van der Waals surface area contributed by atoms with Crippen LogP contribution in [0.3, 0.4) is 0 Å². The van der Waals surface area contributed by atoms with Crippen molar-refractivity contribution in [1.29, 1.82) is 0 Å². The first-order valence-corrected chi connectivity index (χ1v) is 12.9. The molecule has 2 aliphatic rings. The molecule has 1 nitrogen and oxygen atoms in total. The van der Waals surface area contributed by atoms with Gasteiger partial charge in [-0.3, -0.25) is 0 Å². The summed E-state index contributed by atoms with van der Waals surface area (Å²) in [6.07, 6.45) is 0. The molecule has 0 radical (unpaired) electrons. The highest BCUT2D eigenvalue weighted by Gasteiger charge is 2.61. The molecule has 174 valence electrons. The van der Waals surface area contributed by atoms with E-state index in [1.807, 2.05) is 0 Å². The monoisotopic (exact) mass is 463 g/mol. The predicted molar refractivity (Wildman–Crippen MR) is 148 cm³/mol. The Bertz CT molecular complexity index is 1470. The number of hydrogen-bond donors (Lipinski definition) is 1. The first-order valence-electron chi connectivity index (χ1n) is 12.9. The lowest BCUT2D eigenvalue weighted by Crippen LogP contribution is -2.36. The summed E-state index contributed by atoms with van der Waals surface area (Å²) in [6, 6.07) is 49.8. The van der Waals surface area contributed by atoms with Crippen LogP contribution in [0.4, 0.5) is 0 Å². The fourth-order valence-corrected chi connectivity index (χ4v) is 6.98. The summed E-state index contributed by atoms with van der Waals surface area (Å²) in [4.78, 5) is 0. The third-order valence-electron chi connectivity index (χ3n) is 8.39. The van der Waals surface area contributed by atoms with Crippen LogP contribution in [0.1, 0.15) is 51.4 Å². The molecular weight excluding hydrogens is 434 g/mol. The molecule has 0 saturated carbocycles. The molecule has 1 N–H and O–H groups in total. The van der Waals surface area contributed by atoms with Crippen LogP contribution in [0.25, 0.3) is 11.1 Å². The average molecular weight is 464 g/mol. The Morgan fingerprint density at radius 2 is 1.00 bits per heavy atom. The number of hydrogen-bond acceptors (Lipinski definition) is 1. The van der Waals surface area contributed by atoms with Crippen LogP contribution in [0.15, 0.2) is 133 Å². The van der Waals surface area contributed by atoms with Crippen LogP contribution in [-0.4, -0.2) is 0 Å². The van der Waals surface area contributed by atoms with Gasteiger partial charge in [0.15, 0.2) is 0 Å². The van der Waals surface area contributed by atoms with E-state index in [1.54, 1.807) is 0 Å². The van der Waals surface area contributed by atoms with E-state index >= 15 is 0 Å². The highest BCUT2D eigenvalue weighted by molar-refractivity contribution is 5.83. The summed E-state index contributed by atoms with van der Waals surface area (Å²) in [6.45, 7) is 2.17. The van der Waals surface area contributed by atoms with E-state index in [9.17, 15) is 0 Å². The zero-order valence-corrected chi connectivity index (χ0v) is 20.4. The van der Waals surface area contributed by atoms with Crippen molar-refractivity contribution in [3.63, 3.8) is 0 Å². The van der Waals surface area contributed by atoms with E-state index in [0.717, 1.165) is 0 Å². The zero-order chi connectivity index (χ0) is 24.1. The second-order valence-corrected chi connectivity index (χ2v) is 10.2. The van der Waals surface area contributed by atoms with Gasteiger partial charge in [0.05, 0.1) is 0 Å². The molecule has 1 heterocycles. The molecule has 5 aromatic rings. The number of nitrogens with one attached hydrogen (secondary N) is 1. The van der Waals surface area contributed by atoms with Crippen molar-refractivity contribution in [3.8, 4) is 11.1 Å². The van der Waals surface area contributed by atoms with Gasteiger partial charge in [0.2, 0.25) is 0 Å². The molecule has 0 amide bonds. The molecule has 0 aromatic heterocycles. The van der Waals surface area contributed by atoms with Crippen molar-refractivity contribution in [2.24, 2.45) is 0 Å². The normalized spacial score (nSPS) is 21.3. The van der Waals surface area contributed by atoms with Gasteiger partial charge in [-0.25, -0.2) is 0 Å². The van der Waals surface area contributed by atoms with Crippen molar-refractivity contribution >= 4 is 0 Å². The average Bonchev–Trinajstić information content (AvgIpc) is 3.45. The summed E-state index contributed by atoms with van der Waals surface area (Å²) < 4.78 is 0. The second kappa shape index (κ2) is 8.33. The van der Waals surface area contributed by atoms with Crippen molar-refractivity contribution in [1.82, 2.24) is 5.32 Å². The van der Waals surface area contributed by atoms with Crippen molar-refractivity contribution in [3.05, 3.63) is 167 Å². The maximum atomic E-state index is 4.20. The quantitative estimate of drug-likeness (QED) is 0.285. The predicted octanol–water partition coefficient (Wildman–Crippen LogP) is 8.13. The zero-order valence-electron chi connectivity index (χ0n) is 20.4. The molecule has 36 heavy (non-hydrogen) atoms. The van der Waals surface area contributed by atoms with Gasteiger partial charge in [-0.2, -0.15) is 0 Å². The first-order chi connectivity index (χ1) is 17.8. The van der Waals surface area contributed by atoms with Gasteiger partial charge in [0.25, 0.3) is 0 Å². The maximum Gasteiger partial charge on any atom is 0.0496 e. The van der Waals surface area contributed by atoms with Gasteiger partial charge in [-0.15, -0.1) is 0 Å². The molecule has 7 rings (SSSR count). The lowest BCUT2D eigenvalue weighted by Gasteiger charge is -2.40. The number of rotatable bonds is 3. The second-order valence-electron chi connectivity index (χ2n) is 10.2. The maximum absolute atomic E-state index is 4.20. The standard InChI is InChI=1S/C35H29N/c1-24-20-22-25(23-21-24)32-33(26-12-4-2-5-13-26)36-34(27-14-6-3-7-15-27)35(32)30-18-10-8-16-28(30)29-17-9-11-19-31(29)35/h2-23,32-34,36H,1H3/t32-,33+,34+/m1/s1. The fraction of sp³-hybridized carbons (Fsp3) is 0.143. The van der Waals surface area contributed by atoms with Crippen LogP contribution >= 0.6 is 0 Å². The molecule has 1 aliphatic heterocycles. The topological polar surface area (TPSA) is 12.0 Å². The summed E-state index contributed by atoms with van der Waals surface area (Å²) in [5.41, 5.74) is 10.7. The molecule has 0 bridgehead atoms. The molecular formula is C35H29N. The van der Waals surface area contributed by atoms with E-state index in [-0.39, 0.29) is 23.4 Å². The van der Waals surface area contributed by atoms with Crippen molar-refractivity contribution < 1.29 is 0 Å². The Kier molecular flexibility index (Phi) is 4.94. The van der Waals surface area contributed by atoms with Gasteiger partial charge in [-0.1, -0.05) is 139 Å². The Morgan fingerprint density at radius 1 is 0.500 bits per heavy atom. The highest BCUT2D eigenvalue weighted by Crippen LogP contribution is 2.67. The summed E-state index contributed by atoms with van der Waals surface area (Å²) in [5.74, 6) is 0.218. The minimum absolute atomic E-state index is 0.125. The van der Waals surface area contributed by atoms with Crippen LogP contribution in [0.5, 0.6) is 0 Å². The minimum atomic E-state index is -0.246. The van der Waals surface area contributed by atoms with E-state index < -0.39 is 0 Å². The fourth-order valence-electron chi connectivity index (χ4n) is 6.98. The molecule has 5 aromatic carbocycles. The Hall–Kier alpha value is -3.94. The van der Waals surface area contributed by atoms with E-state index in [0.29, 0.717) is 0 Å². The van der Waals surface area contributed by atoms with E-state index in [1.165, 1.54) is 44.5 Å². The summed E-state index contributed by atoms with van der Waals surface area (Å²) in [5, 5.41) is 4.20.